The highest BCUT2D eigenvalue weighted by molar-refractivity contribution is 9.10. The molecule has 0 saturated carbocycles. The Labute approximate surface area is 118 Å². The maximum atomic E-state index is 13.0. The molecular formula is C12H14BrFN2O3. The highest BCUT2D eigenvalue weighted by Gasteiger charge is 2.18. The molecule has 1 aromatic rings. The Bertz CT molecular complexity index is 482. The number of nitrogens with one attached hydrogen (secondary N) is 2. The molecule has 0 heterocycles. The summed E-state index contributed by atoms with van der Waals surface area (Å²) in [6.45, 7) is 3.60. The molecule has 0 aliphatic heterocycles. The van der Waals surface area contributed by atoms with E-state index in [2.05, 4.69) is 26.6 Å². The Morgan fingerprint density at radius 1 is 1.47 bits per heavy atom. The normalized spacial score (nSPS) is 11.6. The molecule has 0 fully saturated rings. The van der Waals surface area contributed by atoms with E-state index in [0.717, 1.165) is 6.07 Å². The first kappa shape index (κ1) is 15.4. The van der Waals surface area contributed by atoms with Crippen LogP contribution in [0.15, 0.2) is 22.7 Å². The van der Waals surface area contributed by atoms with Crippen molar-refractivity contribution in [1.29, 1.82) is 0 Å². The molecule has 19 heavy (non-hydrogen) atoms. The summed E-state index contributed by atoms with van der Waals surface area (Å²) in [6.07, 6.45) is -0.930. The Hall–Kier alpha value is -1.63. The van der Waals surface area contributed by atoms with Gasteiger partial charge >= 0.3 is 6.03 Å². The second kappa shape index (κ2) is 7.08. The Morgan fingerprint density at radius 3 is 2.79 bits per heavy atom. The third-order valence-electron chi connectivity index (χ3n) is 2.14. The minimum Gasteiger partial charge on any atom is -0.480 e. The average molecular weight is 333 g/mol. The molecule has 0 spiro atoms. The molecule has 104 valence electrons. The zero-order valence-electron chi connectivity index (χ0n) is 10.5. The fraction of sp³-hybridized carbons (Fsp3) is 0.333. The van der Waals surface area contributed by atoms with Gasteiger partial charge in [-0.3, -0.25) is 10.1 Å². The van der Waals surface area contributed by atoms with Crippen molar-refractivity contribution in [2.75, 3.05) is 6.54 Å². The van der Waals surface area contributed by atoms with Crippen LogP contribution >= 0.6 is 15.9 Å². The van der Waals surface area contributed by atoms with Crippen LogP contribution in [0.3, 0.4) is 0 Å². The van der Waals surface area contributed by atoms with Gasteiger partial charge in [-0.05, 0) is 41.9 Å². The number of hydrogen-bond acceptors (Lipinski definition) is 3. The van der Waals surface area contributed by atoms with Crippen molar-refractivity contribution in [2.24, 2.45) is 0 Å². The van der Waals surface area contributed by atoms with Crippen LogP contribution in [0.25, 0.3) is 0 Å². The standard InChI is InChI=1S/C12H14BrFN2O3/c1-3-15-12(18)16-11(17)7(2)19-10-6-8(14)4-5-9(10)13/h4-7H,3H2,1-2H3,(H2,15,16,17,18). The van der Waals surface area contributed by atoms with E-state index in [1.165, 1.54) is 19.1 Å². The lowest BCUT2D eigenvalue weighted by molar-refractivity contribution is -0.126. The smallest absolute Gasteiger partial charge is 0.321 e. The number of carbonyl (C=O) groups excluding carboxylic acids is 2. The molecule has 0 radical (unpaired) electrons. The molecule has 5 nitrogen and oxygen atoms in total. The lowest BCUT2D eigenvalue weighted by Gasteiger charge is -2.15. The van der Waals surface area contributed by atoms with Gasteiger partial charge in [-0.1, -0.05) is 0 Å². The van der Waals surface area contributed by atoms with Crippen LogP contribution in [0, 0.1) is 5.82 Å². The van der Waals surface area contributed by atoms with Crippen molar-refractivity contribution < 1.29 is 18.7 Å². The fourth-order valence-corrected chi connectivity index (χ4v) is 1.57. The Balaban J connectivity index is 2.63. The third kappa shape index (κ3) is 4.86. The highest BCUT2D eigenvalue weighted by atomic mass is 79.9. The molecule has 0 saturated heterocycles. The van der Waals surface area contributed by atoms with Crippen molar-refractivity contribution in [3.63, 3.8) is 0 Å². The maximum absolute atomic E-state index is 13.0. The second-order valence-corrected chi connectivity index (χ2v) is 4.54. The second-order valence-electron chi connectivity index (χ2n) is 3.68. The first-order valence-electron chi connectivity index (χ1n) is 5.64. The molecule has 0 aromatic heterocycles. The number of carbonyl (C=O) groups is 2. The number of urea groups is 1. The molecule has 7 heteroatoms. The summed E-state index contributed by atoms with van der Waals surface area (Å²) in [7, 11) is 0. The molecule has 1 atom stereocenters. The fourth-order valence-electron chi connectivity index (χ4n) is 1.23. The van der Waals surface area contributed by atoms with E-state index < -0.39 is 23.9 Å². The van der Waals surface area contributed by atoms with Crippen LogP contribution in [-0.4, -0.2) is 24.6 Å². The van der Waals surface area contributed by atoms with Gasteiger partial charge in [0.2, 0.25) is 0 Å². The summed E-state index contributed by atoms with van der Waals surface area (Å²) >= 11 is 3.18. The summed E-state index contributed by atoms with van der Waals surface area (Å²) in [5.74, 6) is -0.893. The van der Waals surface area contributed by atoms with Crippen LogP contribution in [-0.2, 0) is 4.79 Å². The van der Waals surface area contributed by atoms with Crippen LogP contribution < -0.4 is 15.4 Å². The van der Waals surface area contributed by atoms with Gasteiger partial charge in [0, 0.05) is 12.6 Å². The number of rotatable bonds is 4. The van der Waals surface area contributed by atoms with Gasteiger partial charge in [-0.2, -0.15) is 0 Å². The molecule has 1 rings (SSSR count). The predicted octanol–water partition coefficient (Wildman–Crippen LogP) is 2.20. The summed E-state index contributed by atoms with van der Waals surface area (Å²) in [4.78, 5) is 22.8. The SMILES string of the molecule is CCNC(=O)NC(=O)C(C)Oc1cc(F)ccc1Br. The van der Waals surface area contributed by atoms with E-state index in [1.807, 2.05) is 0 Å². The zero-order chi connectivity index (χ0) is 14.4. The Morgan fingerprint density at radius 2 is 2.16 bits per heavy atom. The minimum atomic E-state index is -0.930. The molecule has 0 bridgehead atoms. The largest absolute Gasteiger partial charge is 0.480 e. The van der Waals surface area contributed by atoms with E-state index in [-0.39, 0.29) is 5.75 Å². The quantitative estimate of drug-likeness (QED) is 0.888. The number of hydrogen-bond donors (Lipinski definition) is 2. The monoisotopic (exact) mass is 332 g/mol. The summed E-state index contributed by atoms with van der Waals surface area (Å²) in [6, 6.07) is 3.29. The van der Waals surface area contributed by atoms with Crippen LogP contribution in [0.2, 0.25) is 0 Å². The third-order valence-corrected chi connectivity index (χ3v) is 2.80. The van der Waals surface area contributed by atoms with Crippen molar-refractivity contribution >= 4 is 27.9 Å². The molecule has 1 aromatic carbocycles. The van der Waals surface area contributed by atoms with Gasteiger partial charge in [-0.25, -0.2) is 9.18 Å². The molecule has 2 N–H and O–H groups in total. The van der Waals surface area contributed by atoms with Crippen LogP contribution in [0.1, 0.15) is 13.8 Å². The first-order chi connectivity index (χ1) is 8.93. The summed E-state index contributed by atoms with van der Waals surface area (Å²) < 4.78 is 18.9. The van der Waals surface area contributed by atoms with Gasteiger partial charge in [0.15, 0.2) is 6.10 Å². The van der Waals surface area contributed by atoms with E-state index in [1.54, 1.807) is 6.92 Å². The van der Waals surface area contributed by atoms with Gasteiger partial charge in [-0.15, -0.1) is 0 Å². The molecule has 0 aliphatic rings. The predicted molar refractivity (Wildman–Crippen MR) is 71.4 cm³/mol. The van der Waals surface area contributed by atoms with Gasteiger partial charge in [0.05, 0.1) is 4.47 Å². The van der Waals surface area contributed by atoms with E-state index in [9.17, 15) is 14.0 Å². The number of amides is 3. The first-order valence-corrected chi connectivity index (χ1v) is 6.43. The highest BCUT2D eigenvalue weighted by Crippen LogP contribution is 2.26. The van der Waals surface area contributed by atoms with E-state index in [0.29, 0.717) is 11.0 Å². The number of halogens is 2. The van der Waals surface area contributed by atoms with E-state index >= 15 is 0 Å². The molecule has 0 aliphatic carbocycles. The van der Waals surface area contributed by atoms with Crippen molar-refractivity contribution in [1.82, 2.24) is 10.6 Å². The topological polar surface area (TPSA) is 67.4 Å². The number of imide groups is 1. The minimum absolute atomic E-state index is 0.193. The molecule has 3 amide bonds. The summed E-state index contributed by atoms with van der Waals surface area (Å²) in [5, 5.41) is 4.53. The van der Waals surface area contributed by atoms with Gasteiger partial charge in [0.1, 0.15) is 11.6 Å². The van der Waals surface area contributed by atoms with Gasteiger partial charge in [0.25, 0.3) is 5.91 Å². The van der Waals surface area contributed by atoms with Crippen molar-refractivity contribution in [2.45, 2.75) is 20.0 Å². The Kier molecular flexibility index (Phi) is 5.75. The number of ether oxygens (including phenoxy) is 1. The van der Waals surface area contributed by atoms with Crippen LogP contribution in [0.5, 0.6) is 5.75 Å². The van der Waals surface area contributed by atoms with Gasteiger partial charge < -0.3 is 10.1 Å². The molecule has 1 unspecified atom stereocenters. The lowest BCUT2D eigenvalue weighted by atomic mass is 10.3. The summed E-state index contributed by atoms with van der Waals surface area (Å²) in [5.41, 5.74) is 0. The average Bonchev–Trinajstić information content (AvgIpc) is 2.34. The lowest BCUT2D eigenvalue weighted by Crippen LogP contribution is -2.45. The zero-order valence-corrected chi connectivity index (χ0v) is 12.1. The van der Waals surface area contributed by atoms with E-state index in [4.69, 9.17) is 4.74 Å². The molecular weight excluding hydrogens is 319 g/mol. The maximum Gasteiger partial charge on any atom is 0.321 e. The van der Waals surface area contributed by atoms with Crippen LogP contribution in [0.4, 0.5) is 9.18 Å². The number of benzene rings is 1. The van der Waals surface area contributed by atoms with Crippen molar-refractivity contribution in [3.8, 4) is 5.75 Å². The van der Waals surface area contributed by atoms with Crippen molar-refractivity contribution in [3.05, 3.63) is 28.5 Å².